The molecule has 1 atom stereocenters. The number of imide groups is 1. The number of Topliss-reactive ketones (excluding diaryl/α,β-unsaturated/α-hetero) is 1. The SMILES string of the molecule is CCOC(=O)c1c(C)[nH]c(C(=O)CN2C(=O)N[C@@](C)(c3ccc4ccccc4c3)C2=O)c1C. The first-order valence-electron chi connectivity index (χ1n) is 10.7. The summed E-state index contributed by atoms with van der Waals surface area (Å²) in [5.41, 5.74) is 0.728. The molecule has 1 aliphatic rings. The summed E-state index contributed by atoms with van der Waals surface area (Å²) in [4.78, 5) is 55.1. The molecule has 1 aliphatic heterocycles. The summed E-state index contributed by atoms with van der Waals surface area (Å²) in [5, 5.41) is 4.69. The van der Waals surface area contributed by atoms with Crippen LogP contribution in [0.4, 0.5) is 4.79 Å². The van der Waals surface area contributed by atoms with Gasteiger partial charge < -0.3 is 15.0 Å². The van der Waals surface area contributed by atoms with E-state index in [4.69, 9.17) is 4.74 Å². The second-order valence-electron chi connectivity index (χ2n) is 8.28. The lowest BCUT2D eigenvalue weighted by Gasteiger charge is -2.22. The molecular formula is C25H25N3O5. The second-order valence-corrected chi connectivity index (χ2v) is 8.28. The topological polar surface area (TPSA) is 109 Å². The number of esters is 1. The maximum absolute atomic E-state index is 13.3. The van der Waals surface area contributed by atoms with Gasteiger partial charge in [-0.2, -0.15) is 0 Å². The van der Waals surface area contributed by atoms with Crippen LogP contribution in [-0.2, 0) is 15.1 Å². The zero-order valence-corrected chi connectivity index (χ0v) is 18.9. The number of benzene rings is 2. The Balaban J connectivity index is 1.60. The molecule has 1 aromatic heterocycles. The Morgan fingerprint density at radius 1 is 1.06 bits per heavy atom. The molecule has 0 radical (unpaired) electrons. The van der Waals surface area contributed by atoms with E-state index in [1.165, 1.54) is 0 Å². The van der Waals surface area contributed by atoms with Crippen LogP contribution in [0.15, 0.2) is 42.5 Å². The van der Waals surface area contributed by atoms with Crippen LogP contribution >= 0.6 is 0 Å². The summed E-state index contributed by atoms with van der Waals surface area (Å²) in [6.45, 7) is 6.39. The number of nitrogens with zero attached hydrogens (tertiary/aromatic N) is 1. The molecule has 170 valence electrons. The van der Waals surface area contributed by atoms with E-state index < -0.39 is 35.8 Å². The smallest absolute Gasteiger partial charge is 0.340 e. The Bertz CT molecular complexity index is 1310. The molecule has 8 heteroatoms. The van der Waals surface area contributed by atoms with Gasteiger partial charge in [0.25, 0.3) is 5.91 Å². The van der Waals surface area contributed by atoms with Gasteiger partial charge in [-0.1, -0.05) is 36.4 Å². The first-order valence-corrected chi connectivity index (χ1v) is 10.7. The molecule has 0 saturated carbocycles. The van der Waals surface area contributed by atoms with Gasteiger partial charge in [-0.05, 0) is 55.7 Å². The number of nitrogens with one attached hydrogen (secondary N) is 2. The number of amides is 3. The Morgan fingerprint density at radius 2 is 1.76 bits per heavy atom. The molecule has 0 aliphatic carbocycles. The number of H-pyrrole nitrogens is 1. The van der Waals surface area contributed by atoms with Crippen molar-refractivity contribution >= 4 is 34.5 Å². The largest absolute Gasteiger partial charge is 0.462 e. The maximum atomic E-state index is 13.3. The van der Waals surface area contributed by atoms with Crippen LogP contribution < -0.4 is 5.32 Å². The van der Waals surface area contributed by atoms with Crippen LogP contribution in [0, 0.1) is 13.8 Å². The number of aromatic amines is 1. The summed E-state index contributed by atoms with van der Waals surface area (Å²) in [5.74, 6) is -1.51. The number of carbonyl (C=O) groups is 4. The van der Waals surface area contributed by atoms with Crippen molar-refractivity contribution in [3.8, 4) is 0 Å². The zero-order chi connectivity index (χ0) is 23.9. The van der Waals surface area contributed by atoms with Crippen molar-refractivity contribution in [2.45, 2.75) is 33.2 Å². The minimum Gasteiger partial charge on any atom is -0.462 e. The number of ether oxygens (including phenoxy) is 1. The molecule has 0 bridgehead atoms. The maximum Gasteiger partial charge on any atom is 0.340 e. The van der Waals surface area contributed by atoms with Crippen molar-refractivity contribution < 1.29 is 23.9 Å². The van der Waals surface area contributed by atoms with Crippen molar-refractivity contribution in [3.05, 3.63) is 70.5 Å². The summed E-state index contributed by atoms with van der Waals surface area (Å²) in [6, 6.07) is 12.6. The van der Waals surface area contributed by atoms with Crippen molar-refractivity contribution in [1.29, 1.82) is 0 Å². The number of carbonyl (C=O) groups excluding carboxylic acids is 4. The normalized spacial score (nSPS) is 18.0. The molecule has 1 saturated heterocycles. The molecule has 33 heavy (non-hydrogen) atoms. The molecule has 2 N–H and O–H groups in total. The lowest BCUT2D eigenvalue weighted by atomic mass is 9.90. The van der Waals surface area contributed by atoms with Gasteiger partial charge in [0.15, 0.2) is 5.78 Å². The first kappa shape index (κ1) is 22.3. The second kappa shape index (κ2) is 8.20. The van der Waals surface area contributed by atoms with E-state index in [0.717, 1.165) is 15.7 Å². The number of rotatable bonds is 6. The van der Waals surface area contributed by atoms with Gasteiger partial charge in [0, 0.05) is 5.69 Å². The van der Waals surface area contributed by atoms with Gasteiger partial charge in [-0.15, -0.1) is 0 Å². The lowest BCUT2D eigenvalue weighted by Crippen LogP contribution is -2.41. The first-order chi connectivity index (χ1) is 15.7. The van der Waals surface area contributed by atoms with Gasteiger partial charge in [0.1, 0.15) is 5.54 Å². The Kier molecular flexibility index (Phi) is 5.53. The number of fused-ring (bicyclic) bond motifs is 1. The number of urea groups is 1. The third-order valence-electron chi connectivity index (χ3n) is 6.10. The quantitative estimate of drug-likeness (QED) is 0.341. The average molecular weight is 447 g/mol. The zero-order valence-electron chi connectivity index (χ0n) is 18.9. The van der Waals surface area contributed by atoms with Crippen LogP contribution in [0.3, 0.4) is 0 Å². The predicted octanol–water partition coefficient (Wildman–Crippen LogP) is 3.61. The van der Waals surface area contributed by atoms with Crippen LogP contribution in [-0.4, -0.2) is 46.7 Å². The molecule has 2 heterocycles. The Hall–Kier alpha value is -3.94. The number of hydrogen-bond donors (Lipinski definition) is 2. The molecule has 0 unspecified atom stereocenters. The van der Waals surface area contributed by atoms with E-state index in [0.29, 0.717) is 22.4 Å². The van der Waals surface area contributed by atoms with Crippen LogP contribution in [0.5, 0.6) is 0 Å². The average Bonchev–Trinajstić information content (AvgIpc) is 3.21. The molecule has 1 fully saturated rings. The van der Waals surface area contributed by atoms with Crippen LogP contribution in [0.1, 0.15) is 51.5 Å². The van der Waals surface area contributed by atoms with E-state index in [2.05, 4.69) is 10.3 Å². The molecule has 3 amide bonds. The summed E-state index contributed by atoms with van der Waals surface area (Å²) in [6.07, 6.45) is 0. The van der Waals surface area contributed by atoms with Gasteiger partial charge >= 0.3 is 12.0 Å². The minimum atomic E-state index is -1.29. The predicted molar refractivity (Wildman–Crippen MR) is 122 cm³/mol. The molecule has 0 spiro atoms. The van der Waals surface area contributed by atoms with Crippen molar-refractivity contribution in [2.24, 2.45) is 0 Å². The molecule has 3 aromatic rings. The number of ketones is 1. The Labute approximate surface area is 190 Å². The number of hydrogen-bond acceptors (Lipinski definition) is 5. The standard InChI is InChI=1S/C25H25N3O5/c1-5-33-22(30)20-14(2)21(26-15(20)3)19(29)13-28-23(31)25(4,27-24(28)32)18-11-10-16-8-6-7-9-17(16)12-18/h6-12,26H,5,13H2,1-4H3,(H,27,32)/t25-/m0/s1. The highest BCUT2D eigenvalue weighted by atomic mass is 16.5. The monoisotopic (exact) mass is 447 g/mol. The molecular weight excluding hydrogens is 422 g/mol. The summed E-state index contributed by atoms with van der Waals surface area (Å²) < 4.78 is 5.06. The van der Waals surface area contributed by atoms with Crippen LogP contribution in [0.25, 0.3) is 10.8 Å². The highest BCUT2D eigenvalue weighted by Gasteiger charge is 2.49. The Morgan fingerprint density at radius 3 is 2.45 bits per heavy atom. The van der Waals surface area contributed by atoms with E-state index in [1.54, 1.807) is 33.8 Å². The van der Waals surface area contributed by atoms with Crippen molar-refractivity contribution in [2.75, 3.05) is 13.2 Å². The van der Waals surface area contributed by atoms with E-state index in [-0.39, 0.29) is 12.3 Å². The highest BCUT2D eigenvalue weighted by molar-refractivity contribution is 6.12. The van der Waals surface area contributed by atoms with Gasteiger partial charge in [0.2, 0.25) is 0 Å². The van der Waals surface area contributed by atoms with Crippen molar-refractivity contribution in [1.82, 2.24) is 15.2 Å². The van der Waals surface area contributed by atoms with E-state index >= 15 is 0 Å². The van der Waals surface area contributed by atoms with E-state index in [1.807, 2.05) is 36.4 Å². The summed E-state index contributed by atoms with van der Waals surface area (Å²) in [7, 11) is 0. The molecule has 4 rings (SSSR count). The molecule has 2 aromatic carbocycles. The fourth-order valence-electron chi connectivity index (χ4n) is 4.30. The minimum absolute atomic E-state index is 0.176. The highest BCUT2D eigenvalue weighted by Crippen LogP contribution is 2.31. The third kappa shape index (κ3) is 3.67. The van der Waals surface area contributed by atoms with Gasteiger partial charge in [-0.3, -0.25) is 14.5 Å². The fourth-order valence-corrected chi connectivity index (χ4v) is 4.30. The number of aromatic nitrogens is 1. The fraction of sp³-hybridized carbons (Fsp3) is 0.280. The van der Waals surface area contributed by atoms with Crippen LogP contribution in [0.2, 0.25) is 0 Å². The van der Waals surface area contributed by atoms with Gasteiger partial charge in [0.05, 0.1) is 24.4 Å². The van der Waals surface area contributed by atoms with E-state index in [9.17, 15) is 19.2 Å². The van der Waals surface area contributed by atoms with Crippen molar-refractivity contribution in [3.63, 3.8) is 0 Å². The summed E-state index contributed by atoms with van der Waals surface area (Å²) >= 11 is 0. The molecule has 8 nitrogen and oxygen atoms in total. The van der Waals surface area contributed by atoms with Gasteiger partial charge in [-0.25, -0.2) is 9.59 Å². The number of aryl methyl sites for hydroxylation is 1. The third-order valence-corrected chi connectivity index (χ3v) is 6.10. The lowest BCUT2D eigenvalue weighted by molar-refractivity contribution is -0.130.